The van der Waals surface area contributed by atoms with E-state index in [-0.39, 0.29) is 16.5 Å². The Morgan fingerprint density at radius 2 is 1.33 bits per heavy atom. The summed E-state index contributed by atoms with van der Waals surface area (Å²) in [5.74, 6) is -0.104. The second kappa shape index (κ2) is 12.9. The third kappa shape index (κ3) is 9.02. The summed E-state index contributed by atoms with van der Waals surface area (Å²) in [5, 5.41) is 19.2. The van der Waals surface area contributed by atoms with Crippen LogP contribution in [0.4, 0.5) is 0 Å². The van der Waals surface area contributed by atoms with E-state index in [1.165, 1.54) is 32.1 Å². The van der Waals surface area contributed by atoms with Crippen LogP contribution in [0.25, 0.3) is 0 Å². The molecule has 0 unspecified atom stereocenters. The molecule has 0 fully saturated rings. The van der Waals surface area contributed by atoms with Gasteiger partial charge in [0.1, 0.15) is 16.5 Å². The lowest BCUT2D eigenvalue weighted by atomic mass is 10.1. The van der Waals surface area contributed by atoms with Crippen molar-refractivity contribution in [1.82, 2.24) is 0 Å². The summed E-state index contributed by atoms with van der Waals surface area (Å²) in [4.78, 5) is 0. The van der Waals surface area contributed by atoms with Crippen LogP contribution in [0.2, 0.25) is 5.02 Å². The molecule has 0 aliphatic rings. The van der Waals surface area contributed by atoms with Gasteiger partial charge >= 0.3 is 0 Å². The minimum atomic E-state index is -0.0521. The van der Waals surface area contributed by atoms with Gasteiger partial charge in [0, 0.05) is 0 Å². The highest BCUT2D eigenvalue weighted by molar-refractivity contribution is 6.33. The molecule has 0 aliphatic heterocycles. The molecule has 1 rings (SSSR count). The summed E-state index contributed by atoms with van der Waals surface area (Å²) in [5.41, 5.74) is 0.911. The fourth-order valence-corrected chi connectivity index (χ4v) is 2.68. The molecule has 0 bridgehead atoms. The average molecular weight is 351 g/mol. The number of phenols is 2. The van der Waals surface area contributed by atoms with Gasteiger partial charge in [0.15, 0.2) is 0 Å². The molecule has 1 aromatic carbocycles. The van der Waals surface area contributed by atoms with Crippen molar-refractivity contribution in [1.29, 1.82) is 0 Å². The number of hydrogen-bond donors (Lipinski definition) is 2. The third-order valence-electron chi connectivity index (χ3n) is 3.99. The van der Waals surface area contributed by atoms with Gasteiger partial charge in [-0.25, -0.2) is 0 Å². The molecule has 2 N–H and O–H groups in total. The molecule has 134 valence electrons. The Kier molecular flexibility index (Phi) is 11.1. The third-order valence-corrected chi connectivity index (χ3v) is 4.38. The molecule has 0 spiro atoms. The van der Waals surface area contributed by atoms with Gasteiger partial charge in [-0.05, 0) is 62.6 Å². The number of unbranched alkanes of at least 4 members (excludes halogenated alkanes) is 6. The highest BCUT2D eigenvalue weighted by atomic mass is 35.5. The summed E-state index contributed by atoms with van der Waals surface area (Å²) < 4.78 is 0. The lowest BCUT2D eigenvalue weighted by molar-refractivity contribution is 0.449. The van der Waals surface area contributed by atoms with Gasteiger partial charge < -0.3 is 10.2 Å². The molecule has 1 aromatic rings. The largest absolute Gasteiger partial charge is 0.506 e. The van der Waals surface area contributed by atoms with Crippen molar-refractivity contribution in [3.63, 3.8) is 0 Å². The molecule has 0 aliphatic carbocycles. The van der Waals surface area contributed by atoms with Crippen LogP contribution in [0.15, 0.2) is 36.4 Å². The Labute approximate surface area is 151 Å². The van der Waals surface area contributed by atoms with E-state index in [4.69, 9.17) is 11.6 Å². The van der Waals surface area contributed by atoms with Crippen LogP contribution in [-0.2, 0) is 6.42 Å². The first kappa shape index (κ1) is 20.6. The van der Waals surface area contributed by atoms with E-state index >= 15 is 0 Å². The Morgan fingerprint density at radius 3 is 1.92 bits per heavy atom. The maximum absolute atomic E-state index is 9.57. The first-order chi connectivity index (χ1) is 11.6. The highest BCUT2D eigenvalue weighted by Gasteiger charge is 2.06. The Balaban J connectivity index is 2.07. The van der Waals surface area contributed by atoms with E-state index in [0.29, 0.717) is 0 Å². The molecule has 0 heterocycles. The van der Waals surface area contributed by atoms with Crippen molar-refractivity contribution in [3.05, 3.63) is 47.0 Å². The predicted molar refractivity (Wildman–Crippen MR) is 104 cm³/mol. The van der Waals surface area contributed by atoms with Gasteiger partial charge in [-0.15, -0.1) is 0 Å². The van der Waals surface area contributed by atoms with Gasteiger partial charge in [0.25, 0.3) is 0 Å². The molecule has 0 saturated heterocycles. The van der Waals surface area contributed by atoms with E-state index < -0.39 is 0 Å². The predicted octanol–water partition coefficient (Wildman–Crippen LogP) is 6.94. The van der Waals surface area contributed by atoms with Crippen LogP contribution in [0, 0.1) is 0 Å². The number of aromatic hydroxyl groups is 2. The minimum absolute atomic E-state index is 0.0251. The summed E-state index contributed by atoms with van der Waals surface area (Å²) >= 11 is 5.72. The Bertz CT molecular complexity index is 498. The van der Waals surface area contributed by atoms with E-state index in [0.717, 1.165) is 37.7 Å². The van der Waals surface area contributed by atoms with Gasteiger partial charge in [-0.3, -0.25) is 0 Å². The fourth-order valence-electron chi connectivity index (χ4n) is 2.57. The second-order valence-electron chi connectivity index (χ2n) is 6.21. The number of aryl methyl sites for hydroxylation is 1. The van der Waals surface area contributed by atoms with Crippen LogP contribution in [0.3, 0.4) is 0 Å². The van der Waals surface area contributed by atoms with Crippen molar-refractivity contribution in [2.75, 3.05) is 0 Å². The molecule has 0 aromatic heterocycles. The minimum Gasteiger partial charge on any atom is -0.506 e. The molecule has 0 amide bonds. The smallest absolute Gasteiger partial charge is 0.138 e. The van der Waals surface area contributed by atoms with E-state index in [9.17, 15) is 10.2 Å². The topological polar surface area (TPSA) is 40.5 Å². The lowest BCUT2D eigenvalue weighted by Crippen LogP contribution is -1.85. The molecule has 24 heavy (non-hydrogen) atoms. The van der Waals surface area contributed by atoms with Crippen LogP contribution in [0.5, 0.6) is 11.5 Å². The van der Waals surface area contributed by atoms with Crippen molar-refractivity contribution in [2.24, 2.45) is 0 Å². The van der Waals surface area contributed by atoms with E-state index in [1.807, 2.05) is 0 Å². The Morgan fingerprint density at radius 1 is 0.792 bits per heavy atom. The van der Waals surface area contributed by atoms with Crippen molar-refractivity contribution < 1.29 is 10.2 Å². The molecule has 0 saturated carbocycles. The number of allylic oxidation sites excluding steroid dienone is 4. The van der Waals surface area contributed by atoms with Crippen molar-refractivity contribution >= 4 is 11.6 Å². The molecule has 0 atom stereocenters. The number of benzene rings is 1. The van der Waals surface area contributed by atoms with Crippen LogP contribution >= 0.6 is 11.6 Å². The number of phenolic OH excluding ortho intramolecular Hbond substituents is 2. The molecule has 3 heteroatoms. The summed E-state index contributed by atoms with van der Waals surface area (Å²) in [7, 11) is 0. The van der Waals surface area contributed by atoms with Gasteiger partial charge in [0.2, 0.25) is 0 Å². The quantitative estimate of drug-likeness (QED) is 0.316. The highest BCUT2D eigenvalue weighted by Crippen LogP contribution is 2.33. The average Bonchev–Trinajstić information content (AvgIpc) is 2.56. The maximum atomic E-state index is 9.57. The number of hydrogen-bond acceptors (Lipinski definition) is 2. The monoisotopic (exact) mass is 350 g/mol. The van der Waals surface area contributed by atoms with Crippen LogP contribution in [-0.4, -0.2) is 10.2 Å². The number of halogens is 1. The zero-order chi connectivity index (χ0) is 17.6. The van der Waals surface area contributed by atoms with Gasteiger partial charge in [0.05, 0.1) is 0 Å². The number of rotatable bonds is 12. The van der Waals surface area contributed by atoms with E-state index in [1.54, 1.807) is 12.1 Å². The molecule has 2 nitrogen and oxygen atoms in total. The Hall–Kier alpha value is -1.41. The van der Waals surface area contributed by atoms with Crippen LogP contribution in [0.1, 0.15) is 70.3 Å². The SMILES string of the molecule is CCCCCC/C=C\CC/C=C\CCCc1cc(O)c(Cl)c(O)c1. The van der Waals surface area contributed by atoms with Crippen LogP contribution < -0.4 is 0 Å². The van der Waals surface area contributed by atoms with Crippen molar-refractivity contribution in [2.45, 2.75) is 71.1 Å². The summed E-state index contributed by atoms with van der Waals surface area (Å²) in [6.45, 7) is 2.24. The maximum Gasteiger partial charge on any atom is 0.138 e. The second-order valence-corrected chi connectivity index (χ2v) is 6.59. The lowest BCUT2D eigenvalue weighted by Gasteiger charge is -2.04. The first-order valence-corrected chi connectivity index (χ1v) is 9.53. The zero-order valence-electron chi connectivity index (χ0n) is 14.8. The molecule has 0 radical (unpaired) electrons. The zero-order valence-corrected chi connectivity index (χ0v) is 15.6. The molecular weight excluding hydrogens is 320 g/mol. The van der Waals surface area contributed by atoms with Gasteiger partial charge in [-0.2, -0.15) is 0 Å². The first-order valence-electron chi connectivity index (χ1n) is 9.15. The van der Waals surface area contributed by atoms with Gasteiger partial charge in [-0.1, -0.05) is 62.1 Å². The summed E-state index contributed by atoms with van der Waals surface area (Å²) in [6, 6.07) is 3.24. The van der Waals surface area contributed by atoms with E-state index in [2.05, 4.69) is 31.2 Å². The fraction of sp³-hybridized carbons (Fsp3) is 0.524. The summed E-state index contributed by atoms with van der Waals surface area (Å²) in [6.07, 6.45) is 20.6. The normalized spacial score (nSPS) is 11.8. The molecular formula is C21H31ClO2. The van der Waals surface area contributed by atoms with Crippen molar-refractivity contribution in [3.8, 4) is 11.5 Å². The standard InChI is InChI=1S/C21H31ClO2/c1-2-3-4-5-6-7-8-9-10-11-12-13-14-15-18-16-19(23)21(22)20(24)17-18/h7-8,11-12,16-17,23-24H,2-6,9-10,13-15H2,1H3/b8-7-,12-11-.